The largest absolute Gasteiger partial charge is 0.484 e. The monoisotopic (exact) mass is 273 g/mol. The summed E-state index contributed by atoms with van der Waals surface area (Å²) in [5.41, 5.74) is 0.0615. The number of fused-ring (bicyclic) bond motifs is 1. The summed E-state index contributed by atoms with van der Waals surface area (Å²) in [4.78, 5) is 24.8. The van der Waals surface area contributed by atoms with Crippen LogP contribution >= 0.6 is 0 Å². The van der Waals surface area contributed by atoms with E-state index < -0.39 is 5.63 Å². The highest BCUT2D eigenvalue weighted by Gasteiger charge is 2.18. The number of rotatable bonds is 3. The Morgan fingerprint density at radius 1 is 1.20 bits per heavy atom. The Hall–Kier alpha value is -2.30. The smallest absolute Gasteiger partial charge is 0.336 e. The van der Waals surface area contributed by atoms with Crippen LogP contribution in [0.4, 0.5) is 0 Å². The second-order valence-corrected chi connectivity index (χ2v) is 4.83. The number of carbonyl (C=O) groups excluding carboxylic acids is 1. The van der Waals surface area contributed by atoms with Crippen molar-refractivity contribution in [1.29, 1.82) is 0 Å². The Bertz CT molecular complexity index is 686. The van der Waals surface area contributed by atoms with Gasteiger partial charge in [0.15, 0.2) is 6.61 Å². The molecule has 1 aromatic carbocycles. The van der Waals surface area contributed by atoms with Crippen molar-refractivity contribution >= 4 is 16.9 Å². The van der Waals surface area contributed by atoms with Gasteiger partial charge in [-0.05, 0) is 31.0 Å². The minimum absolute atomic E-state index is 0.00267. The molecule has 0 radical (unpaired) electrons. The standard InChI is InChI=1S/C15H15NO4/c17-14(16-7-1-2-8-16)10-19-12-5-3-11-4-6-15(18)20-13(11)9-12/h3-6,9H,1-2,7-8,10H2. The summed E-state index contributed by atoms with van der Waals surface area (Å²) < 4.78 is 10.6. The van der Waals surface area contributed by atoms with Crippen LogP contribution in [0.25, 0.3) is 11.0 Å². The van der Waals surface area contributed by atoms with Crippen molar-refractivity contribution in [1.82, 2.24) is 4.90 Å². The molecule has 1 saturated heterocycles. The lowest BCUT2D eigenvalue weighted by Crippen LogP contribution is -2.32. The molecule has 0 aliphatic carbocycles. The predicted molar refractivity (Wildman–Crippen MR) is 73.8 cm³/mol. The van der Waals surface area contributed by atoms with Crippen molar-refractivity contribution < 1.29 is 13.9 Å². The van der Waals surface area contributed by atoms with E-state index in [9.17, 15) is 9.59 Å². The fourth-order valence-electron chi connectivity index (χ4n) is 2.33. The summed E-state index contributed by atoms with van der Waals surface area (Å²) in [6, 6.07) is 8.27. The van der Waals surface area contributed by atoms with E-state index in [1.807, 2.05) is 0 Å². The molecule has 1 amide bonds. The lowest BCUT2D eigenvalue weighted by molar-refractivity contribution is -0.132. The van der Waals surface area contributed by atoms with Crippen LogP contribution in [0.5, 0.6) is 5.75 Å². The highest BCUT2D eigenvalue weighted by atomic mass is 16.5. The fourth-order valence-corrected chi connectivity index (χ4v) is 2.33. The summed E-state index contributed by atoms with van der Waals surface area (Å²) in [6.45, 7) is 1.64. The Labute approximate surface area is 115 Å². The number of hydrogen-bond acceptors (Lipinski definition) is 4. The van der Waals surface area contributed by atoms with Crippen LogP contribution < -0.4 is 10.4 Å². The van der Waals surface area contributed by atoms with Crippen LogP contribution in [0.1, 0.15) is 12.8 Å². The van der Waals surface area contributed by atoms with Crippen LogP contribution in [0.15, 0.2) is 39.5 Å². The third-order valence-corrected chi connectivity index (χ3v) is 3.42. The zero-order chi connectivity index (χ0) is 13.9. The Morgan fingerprint density at radius 2 is 1.95 bits per heavy atom. The zero-order valence-corrected chi connectivity index (χ0v) is 11.0. The highest BCUT2D eigenvalue weighted by molar-refractivity contribution is 5.79. The summed E-state index contributed by atoms with van der Waals surface area (Å²) in [7, 11) is 0. The SMILES string of the molecule is O=C(COc1ccc2ccc(=O)oc2c1)N1CCCC1. The maximum atomic E-state index is 11.9. The molecular formula is C15H15NO4. The molecular weight excluding hydrogens is 258 g/mol. The molecule has 0 spiro atoms. The molecule has 1 aliphatic rings. The number of ether oxygens (including phenoxy) is 1. The van der Waals surface area contributed by atoms with Gasteiger partial charge in [0.2, 0.25) is 0 Å². The molecule has 1 aromatic heterocycles. The van der Waals surface area contributed by atoms with Gasteiger partial charge in [0, 0.05) is 30.6 Å². The molecule has 5 heteroatoms. The maximum absolute atomic E-state index is 11.9. The lowest BCUT2D eigenvalue weighted by atomic mass is 10.2. The van der Waals surface area contributed by atoms with Crippen molar-refractivity contribution in [2.45, 2.75) is 12.8 Å². The number of hydrogen-bond donors (Lipinski definition) is 0. The normalized spacial score (nSPS) is 14.7. The summed E-state index contributed by atoms with van der Waals surface area (Å²) in [5.74, 6) is 0.525. The first-order valence-electron chi connectivity index (χ1n) is 6.67. The number of likely N-dealkylation sites (tertiary alicyclic amines) is 1. The van der Waals surface area contributed by atoms with Crippen LogP contribution in [0.2, 0.25) is 0 Å². The number of nitrogens with zero attached hydrogens (tertiary/aromatic N) is 1. The highest BCUT2D eigenvalue weighted by Crippen LogP contribution is 2.19. The first kappa shape index (κ1) is 12.7. The lowest BCUT2D eigenvalue weighted by Gasteiger charge is -2.15. The molecule has 0 unspecified atom stereocenters. The van der Waals surface area contributed by atoms with E-state index in [-0.39, 0.29) is 12.5 Å². The van der Waals surface area contributed by atoms with E-state index in [4.69, 9.17) is 9.15 Å². The predicted octanol–water partition coefficient (Wildman–Crippen LogP) is 1.79. The van der Waals surface area contributed by atoms with Gasteiger partial charge in [-0.1, -0.05) is 0 Å². The van der Waals surface area contributed by atoms with E-state index >= 15 is 0 Å². The van der Waals surface area contributed by atoms with Crippen molar-refractivity contribution in [2.75, 3.05) is 19.7 Å². The molecule has 0 atom stereocenters. The second-order valence-electron chi connectivity index (χ2n) is 4.83. The molecule has 1 aliphatic heterocycles. The summed E-state index contributed by atoms with van der Waals surface area (Å²) in [6.07, 6.45) is 2.12. The van der Waals surface area contributed by atoms with Crippen LogP contribution in [0, 0.1) is 0 Å². The van der Waals surface area contributed by atoms with Crippen molar-refractivity contribution in [2.24, 2.45) is 0 Å². The molecule has 1 fully saturated rings. The average molecular weight is 273 g/mol. The van der Waals surface area contributed by atoms with Crippen LogP contribution in [0.3, 0.4) is 0 Å². The van der Waals surface area contributed by atoms with Gasteiger partial charge in [-0.15, -0.1) is 0 Å². The van der Waals surface area contributed by atoms with Gasteiger partial charge in [-0.2, -0.15) is 0 Å². The van der Waals surface area contributed by atoms with Crippen LogP contribution in [-0.4, -0.2) is 30.5 Å². The van der Waals surface area contributed by atoms with E-state index in [1.54, 1.807) is 29.2 Å². The van der Waals surface area contributed by atoms with Crippen molar-refractivity contribution in [3.05, 3.63) is 40.8 Å². The van der Waals surface area contributed by atoms with Crippen molar-refractivity contribution in [3.63, 3.8) is 0 Å². The van der Waals surface area contributed by atoms with Crippen LogP contribution in [-0.2, 0) is 4.79 Å². The van der Waals surface area contributed by atoms with Gasteiger partial charge in [-0.3, -0.25) is 4.79 Å². The first-order valence-corrected chi connectivity index (χ1v) is 6.67. The molecule has 0 N–H and O–H groups in total. The van der Waals surface area contributed by atoms with Gasteiger partial charge in [-0.25, -0.2) is 4.79 Å². The molecule has 20 heavy (non-hydrogen) atoms. The second kappa shape index (κ2) is 5.36. The average Bonchev–Trinajstić information content (AvgIpc) is 2.98. The Morgan fingerprint density at radius 3 is 2.75 bits per heavy atom. The number of carbonyl (C=O) groups is 1. The van der Waals surface area contributed by atoms with E-state index in [1.165, 1.54) is 6.07 Å². The minimum atomic E-state index is -0.400. The molecule has 2 heterocycles. The summed E-state index contributed by atoms with van der Waals surface area (Å²) in [5, 5.41) is 0.822. The molecule has 5 nitrogen and oxygen atoms in total. The Kier molecular flexibility index (Phi) is 3.41. The number of amides is 1. The van der Waals surface area contributed by atoms with E-state index in [2.05, 4.69) is 0 Å². The topological polar surface area (TPSA) is 59.8 Å². The van der Waals surface area contributed by atoms with E-state index in [0.717, 1.165) is 31.3 Å². The van der Waals surface area contributed by atoms with Gasteiger partial charge < -0.3 is 14.1 Å². The Balaban J connectivity index is 1.71. The van der Waals surface area contributed by atoms with Gasteiger partial charge in [0.05, 0.1) is 0 Å². The van der Waals surface area contributed by atoms with Gasteiger partial charge in [0.25, 0.3) is 5.91 Å². The minimum Gasteiger partial charge on any atom is -0.484 e. The van der Waals surface area contributed by atoms with Crippen molar-refractivity contribution in [3.8, 4) is 5.75 Å². The third kappa shape index (κ3) is 2.66. The summed E-state index contributed by atoms with van der Waals surface area (Å²) >= 11 is 0. The molecule has 0 bridgehead atoms. The third-order valence-electron chi connectivity index (χ3n) is 3.42. The zero-order valence-electron chi connectivity index (χ0n) is 11.0. The first-order chi connectivity index (χ1) is 9.72. The number of benzene rings is 1. The quantitative estimate of drug-likeness (QED) is 0.800. The molecule has 0 saturated carbocycles. The molecule has 3 rings (SSSR count). The molecule has 2 aromatic rings. The van der Waals surface area contributed by atoms with Gasteiger partial charge >= 0.3 is 5.63 Å². The van der Waals surface area contributed by atoms with Gasteiger partial charge in [0.1, 0.15) is 11.3 Å². The molecule has 104 valence electrons. The maximum Gasteiger partial charge on any atom is 0.336 e. The fraction of sp³-hybridized carbons (Fsp3) is 0.333. The van der Waals surface area contributed by atoms with E-state index in [0.29, 0.717) is 11.3 Å².